The monoisotopic (exact) mass is 396 g/mol. The number of rotatable bonds is 1. The molecule has 4 aliphatic rings. The van der Waals surface area contributed by atoms with Gasteiger partial charge in [0.05, 0.1) is 6.61 Å². The van der Waals surface area contributed by atoms with Crippen LogP contribution in [0.15, 0.2) is 0 Å². The predicted molar refractivity (Wildman–Crippen MR) is 95.9 cm³/mol. The molecular weight excluding hydrogens is 368 g/mol. The van der Waals surface area contributed by atoms with Crippen molar-refractivity contribution in [3.8, 4) is 0 Å². The Hall–Kier alpha value is -0.220. The van der Waals surface area contributed by atoms with Gasteiger partial charge in [0.15, 0.2) is 0 Å². The summed E-state index contributed by atoms with van der Waals surface area (Å²) in [6.07, 6.45) is 6.66. The normalized spacial score (nSPS) is 54.2. The number of hydrogen-bond donors (Lipinski definition) is 1. The molecular formula is C20H29BrO3. The van der Waals surface area contributed by atoms with Crippen LogP contribution in [0.4, 0.5) is 0 Å². The number of carbonyl (C=O) groups excluding carboxylic acids is 2. The topological polar surface area (TPSA) is 54.4 Å². The minimum Gasteiger partial charge on any atom is -0.396 e. The third kappa shape index (κ3) is 1.99. The molecule has 0 spiro atoms. The number of fused-ring (bicyclic) bond motifs is 5. The van der Waals surface area contributed by atoms with E-state index in [4.69, 9.17) is 0 Å². The second-order valence-corrected chi connectivity index (χ2v) is 10.9. The molecule has 3 nitrogen and oxygen atoms in total. The molecule has 4 heteroatoms. The lowest BCUT2D eigenvalue weighted by Gasteiger charge is -2.65. The first-order valence-corrected chi connectivity index (χ1v) is 10.4. The van der Waals surface area contributed by atoms with Gasteiger partial charge < -0.3 is 5.11 Å². The summed E-state index contributed by atoms with van der Waals surface area (Å²) in [7, 11) is 0. The van der Waals surface area contributed by atoms with Crippen LogP contribution in [0, 0.1) is 34.5 Å². The Labute approximate surface area is 153 Å². The summed E-state index contributed by atoms with van der Waals surface area (Å²) in [5, 5.41) is 10.5. The lowest BCUT2D eigenvalue weighted by atomic mass is 9.42. The lowest BCUT2D eigenvalue weighted by molar-refractivity contribution is -0.156. The molecule has 1 N–H and O–H groups in total. The molecule has 0 aromatic carbocycles. The molecule has 4 aliphatic carbocycles. The van der Waals surface area contributed by atoms with E-state index in [1.807, 2.05) is 0 Å². The Morgan fingerprint density at radius 1 is 1.17 bits per heavy atom. The third-order valence-electron chi connectivity index (χ3n) is 8.56. The Morgan fingerprint density at radius 2 is 1.92 bits per heavy atom. The number of aliphatic hydroxyl groups excluding tert-OH is 1. The molecule has 0 aromatic heterocycles. The molecule has 4 fully saturated rings. The van der Waals surface area contributed by atoms with E-state index in [1.54, 1.807) is 0 Å². The van der Waals surface area contributed by atoms with Crippen molar-refractivity contribution in [2.24, 2.45) is 34.5 Å². The van der Waals surface area contributed by atoms with Gasteiger partial charge in [0.2, 0.25) is 0 Å². The van der Waals surface area contributed by atoms with Gasteiger partial charge in [-0.05, 0) is 55.8 Å². The van der Waals surface area contributed by atoms with E-state index >= 15 is 0 Å². The van der Waals surface area contributed by atoms with Gasteiger partial charge in [-0.1, -0.05) is 29.8 Å². The highest BCUT2D eigenvalue weighted by Gasteiger charge is 2.67. The molecule has 24 heavy (non-hydrogen) atoms. The number of aliphatic hydroxyl groups is 1. The molecule has 0 amide bonds. The summed E-state index contributed by atoms with van der Waals surface area (Å²) in [4.78, 5) is 24.7. The second-order valence-electron chi connectivity index (χ2n) is 9.38. The average Bonchev–Trinajstić information content (AvgIpc) is 2.82. The van der Waals surface area contributed by atoms with Gasteiger partial charge in [-0.15, -0.1) is 0 Å². The van der Waals surface area contributed by atoms with E-state index in [2.05, 4.69) is 29.8 Å². The van der Waals surface area contributed by atoms with Gasteiger partial charge in [0, 0.05) is 34.4 Å². The first-order valence-electron chi connectivity index (χ1n) is 9.62. The maximum Gasteiger partial charge on any atom is 0.139 e. The Balaban J connectivity index is 1.77. The molecule has 0 aromatic rings. The van der Waals surface area contributed by atoms with E-state index in [9.17, 15) is 14.7 Å². The number of carbonyl (C=O) groups is 2. The summed E-state index contributed by atoms with van der Waals surface area (Å²) in [5.74, 6) is 2.71. The zero-order chi connectivity index (χ0) is 17.3. The van der Waals surface area contributed by atoms with Crippen molar-refractivity contribution in [3.63, 3.8) is 0 Å². The quantitative estimate of drug-likeness (QED) is 0.683. The summed E-state index contributed by atoms with van der Waals surface area (Å²) in [6, 6.07) is 0. The highest BCUT2D eigenvalue weighted by atomic mass is 79.9. The van der Waals surface area contributed by atoms with Gasteiger partial charge in [0.1, 0.15) is 11.6 Å². The molecule has 7 atom stereocenters. The van der Waals surface area contributed by atoms with Gasteiger partial charge in [0.25, 0.3) is 0 Å². The van der Waals surface area contributed by atoms with Gasteiger partial charge in [-0.2, -0.15) is 0 Å². The van der Waals surface area contributed by atoms with Gasteiger partial charge in [-0.25, -0.2) is 0 Å². The largest absolute Gasteiger partial charge is 0.396 e. The lowest BCUT2D eigenvalue weighted by Crippen LogP contribution is -2.64. The van der Waals surface area contributed by atoms with Crippen LogP contribution in [-0.4, -0.2) is 27.6 Å². The van der Waals surface area contributed by atoms with Crippen molar-refractivity contribution in [1.29, 1.82) is 0 Å². The SMILES string of the molecule is C[C@@H]1C[C@@]2(Br)CC(=O)CC[C@]2(CO)[C@H]2CC[C@]3(C)C(=O)CC[C@H]3[C@H]12. The minimum atomic E-state index is -0.249. The number of ketones is 2. The van der Waals surface area contributed by atoms with Crippen molar-refractivity contribution in [3.05, 3.63) is 0 Å². The Kier molecular flexibility index (Phi) is 3.86. The summed E-state index contributed by atoms with van der Waals surface area (Å²) in [5.41, 5.74) is -0.325. The van der Waals surface area contributed by atoms with Crippen LogP contribution in [0.5, 0.6) is 0 Å². The van der Waals surface area contributed by atoms with Crippen molar-refractivity contribution in [1.82, 2.24) is 0 Å². The second kappa shape index (κ2) is 5.39. The van der Waals surface area contributed by atoms with Crippen molar-refractivity contribution in [2.45, 2.75) is 69.5 Å². The summed E-state index contributed by atoms with van der Waals surface area (Å²) < 4.78 is -0.249. The molecule has 0 heterocycles. The number of alkyl halides is 1. The first-order chi connectivity index (χ1) is 11.3. The summed E-state index contributed by atoms with van der Waals surface area (Å²) in [6.45, 7) is 4.67. The number of hydrogen-bond acceptors (Lipinski definition) is 3. The van der Waals surface area contributed by atoms with E-state index < -0.39 is 0 Å². The molecule has 0 aliphatic heterocycles. The van der Waals surface area contributed by atoms with E-state index in [-0.39, 0.29) is 21.8 Å². The molecule has 0 radical (unpaired) electrons. The van der Waals surface area contributed by atoms with Crippen LogP contribution in [-0.2, 0) is 9.59 Å². The predicted octanol–water partition coefficient (Wildman–Crippen LogP) is 3.90. The number of halogens is 1. The van der Waals surface area contributed by atoms with Gasteiger partial charge in [-0.3, -0.25) is 9.59 Å². The third-order valence-corrected chi connectivity index (χ3v) is 9.95. The zero-order valence-corrected chi connectivity index (χ0v) is 16.4. The van der Waals surface area contributed by atoms with Crippen LogP contribution in [0.1, 0.15) is 65.2 Å². The molecule has 0 saturated heterocycles. The van der Waals surface area contributed by atoms with E-state index in [0.29, 0.717) is 48.1 Å². The van der Waals surface area contributed by atoms with Crippen LogP contribution in [0.3, 0.4) is 0 Å². The number of Topliss-reactive ketones (excluding diaryl/α,β-unsaturated/α-hetero) is 2. The van der Waals surface area contributed by atoms with E-state index in [0.717, 1.165) is 38.5 Å². The van der Waals surface area contributed by atoms with Crippen LogP contribution >= 0.6 is 15.9 Å². The van der Waals surface area contributed by atoms with Crippen LogP contribution in [0.2, 0.25) is 0 Å². The van der Waals surface area contributed by atoms with Crippen molar-refractivity contribution < 1.29 is 14.7 Å². The average molecular weight is 397 g/mol. The fourth-order valence-corrected chi connectivity index (χ4v) is 8.79. The molecule has 0 unspecified atom stereocenters. The van der Waals surface area contributed by atoms with Crippen molar-refractivity contribution in [2.75, 3.05) is 6.61 Å². The highest BCUT2D eigenvalue weighted by molar-refractivity contribution is 9.10. The fraction of sp³-hybridized carbons (Fsp3) is 0.900. The highest BCUT2D eigenvalue weighted by Crippen LogP contribution is 2.69. The molecule has 4 saturated carbocycles. The van der Waals surface area contributed by atoms with Gasteiger partial charge >= 0.3 is 0 Å². The maximum absolute atomic E-state index is 12.5. The standard InChI is InChI=1S/C20H29BrO3/c1-12-9-20(21)10-13(23)5-8-19(20,11-22)15-6-7-18(2)14(17(12)15)3-4-16(18)24/h12,14-15,17,22H,3-11H2,1-2H3/t12-,14+,15+,17+,18+,19+,20-/m1/s1. The smallest absolute Gasteiger partial charge is 0.139 e. The van der Waals surface area contributed by atoms with E-state index in [1.165, 1.54) is 0 Å². The van der Waals surface area contributed by atoms with Crippen LogP contribution in [0.25, 0.3) is 0 Å². The first kappa shape index (κ1) is 17.2. The van der Waals surface area contributed by atoms with Crippen molar-refractivity contribution >= 4 is 27.5 Å². The Bertz CT molecular complexity index is 589. The van der Waals surface area contributed by atoms with Crippen LogP contribution < -0.4 is 0 Å². The fourth-order valence-electron chi connectivity index (χ4n) is 7.35. The Morgan fingerprint density at radius 3 is 2.62 bits per heavy atom. The summed E-state index contributed by atoms with van der Waals surface area (Å²) >= 11 is 3.98. The zero-order valence-electron chi connectivity index (χ0n) is 14.8. The minimum absolute atomic E-state index is 0.136. The molecule has 134 valence electrons. The molecule has 0 bridgehead atoms. The molecule has 4 rings (SSSR count). The maximum atomic E-state index is 12.5.